The molecule has 3 heterocycles. The van der Waals surface area contributed by atoms with Crippen LogP contribution in [-0.4, -0.2) is 35.6 Å². The third-order valence-electron chi connectivity index (χ3n) is 5.31. The Bertz CT molecular complexity index is 702. The van der Waals surface area contributed by atoms with Gasteiger partial charge in [0.25, 0.3) is 0 Å². The summed E-state index contributed by atoms with van der Waals surface area (Å²) in [6.45, 7) is 1.73. The van der Waals surface area contributed by atoms with Gasteiger partial charge in [0.1, 0.15) is 11.8 Å². The molecule has 0 aliphatic carbocycles. The van der Waals surface area contributed by atoms with E-state index in [0.29, 0.717) is 0 Å². The molecule has 0 aromatic heterocycles. The Morgan fingerprint density at radius 1 is 1.00 bits per heavy atom. The Balaban J connectivity index is 1.51. The number of aliphatic hydroxyl groups is 1. The Morgan fingerprint density at radius 3 is 2.14 bits per heavy atom. The quantitative estimate of drug-likeness (QED) is 0.840. The molecular weight excluding hydrogens is 276 g/mol. The van der Waals surface area contributed by atoms with Crippen LogP contribution >= 0.6 is 0 Å². The van der Waals surface area contributed by atoms with E-state index < -0.39 is 6.29 Å². The summed E-state index contributed by atoms with van der Waals surface area (Å²) in [7, 11) is 0. The fourth-order valence-electron chi connectivity index (χ4n) is 3.91. The SMILES string of the molecule is O[C@@H]1OC([C@]2(c3ccccc3)CN2)N2C[C@@]12c1ccccc1. The first kappa shape index (κ1) is 12.8. The van der Waals surface area contributed by atoms with Crippen LogP contribution in [0.4, 0.5) is 0 Å². The van der Waals surface area contributed by atoms with Gasteiger partial charge < -0.3 is 15.2 Å². The summed E-state index contributed by atoms with van der Waals surface area (Å²) in [5, 5.41) is 14.0. The van der Waals surface area contributed by atoms with E-state index in [9.17, 15) is 5.11 Å². The fourth-order valence-corrected chi connectivity index (χ4v) is 3.91. The summed E-state index contributed by atoms with van der Waals surface area (Å²) in [6, 6.07) is 20.6. The molecule has 5 rings (SSSR count). The highest BCUT2D eigenvalue weighted by Gasteiger charge is 2.73. The Hall–Kier alpha value is -1.72. The molecule has 5 atom stereocenters. The molecule has 0 bridgehead atoms. The van der Waals surface area contributed by atoms with Crippen molar-refractivity contribution in [2.45, 2.75) is 23.6 Å². The van der Waals surface area contributed by atoms with E-state index in [1.165, 1.54) is 5.56 Å². The molecule has 0 amide bonds. The number of hydrogen-bond acceptors (Lipinski definition) is 4. The van der Waals surface area contributed by atoms with Gasteiger partial charge >= 0.3 is 0 Å². The van der Waals surface area contributed by atoms with Crippen LogP contribution in [0.15, 0.2) is 60.7 Å². The van der Waals surface area contributed by atoms with Gasteiger partial charge in [-0.25, -0.2) is 0 Å². The Kier molecular flexibility index (Phi) is 2.43. The molecule has 2 aromatic carbocycles. The van der Waals surface area contributed by atoms with Crippen molar-refractivity contribution in [3.8, 4) is 0 Å². The summed E-state index contributed by atoms with van der Waals surface area (Å²) in [6.07, 6.45) is -0.895. The van der Waals surface area contributed by atoms with E-state index in [0.717, 1.165) is 18.7 Å². The minimum Gasteiger partial charge on any atom is -0.366 e. The first-order chi connectivity index (χ1) is 10.8. The average Bonchev–Trinajstić information content (AvgIpc) is 3.49. The van der Waals surface area contributed by atoms with Crippen LogP contribution in [0.3, 0.4) is 0 Å². The maximum Gasteiger partial charge on any atom is 0.180 e. The molecule has 3 saturated heterocycles. The first-order valence-electron chi connectivity index (χ1n) is 7.74. The second-order valence-electron chi connectivity index (χ2n) is 6.45. The molecule has 3 fully saturated rings. The highest BCUT2D eigenvalue weighted by Crippen LogP contribution is 2.58. The van der Waals surface area contributed by atoms with Crippen LogP contribution in [0.1, 0.15) is 11.1 Å². The van der Waals surface area contributed by atoms with Crippen LogP contribution in [0.25, 0.3) is 0 Å². The van der Waals surface area contributed by atoms with Crippen LogP contribution in [0, 0.1) is 0 Å². The third kappa shape index (κ3) is 1.50. The van der Waals surface area contributed by atoms with E-state index in [1.807, 2.05) is 24.3 Å². The van der Waals surface area contributed by atoms with Crippen LogP contribution in [0.2, 0.25) is 0 Å². The smallest absolute Gasteiger partial charge is 0.180 e. The largest absolute Gasteiger partial charge is 0.366 e. The zero-order valence-corrected chi connectivity index (χ0v) is 12.1. The van der Waals surface area contributed by atoms with Gasteiger partial charge in [0.2, 0.25) is 0 Å². The van der Waals surface area contributed by atoms with Crippen molar-refractivity contribution in [1.29, 1.82) is 0 Å². The highest BCUT2D eigenvalue weighted by molar-refractivity contribution is 5.40. The number of fused-ring (bicyclic) bond motifs is 1. The van der Waals surface area contributed by atoms with Crippen molar-refractivity contribution < 1.29 is 9.84 Å². The van der Waals surface area contributed by atoms with Crippen LogP contribution < -0.4 is 5.32 Å². The second-order valence-corrected chi connectivity index (χ2v) is 6.45. The second kappa shape index (κ2) is 4.18. The molecule has 22 heavy (non-hydrogen) atoms. The standard InChI is InChI=1S/C18H18N2O2/c21-16-18(14-9-5-2-6-10-14)12-20(18)15(22-16)17(11-19-17)13-7-3-1-4-8-13/h1-10,15-16,19,21H,11-12H2/t15?,16-,17-,18-,20?/m1/s1. The Labute approximate surface area is 129 Å². The average molecular weight is 294 g/mol. The minimum atomic E-state index is -0.775. The third-order valence-corrected chi connectivity index (χ3v) is 5.31. The van der Waals surface area contributed by atoms with Gasteiger partial charge in [0, 0.05) is 13.1 Å². The predicted molar refractivity (Wildman–Crippen MR) is 81.8 cm³/mol. The van der Waals surface area contributed by atoms with Crippen LogP contribution in [-0.2, 0) is 15.8 Å². The van der Waals surface area contributed by atoms with Gasteiger partial charge in [-0.1, -0.05) is 60.7 Å². The lowest BCUT2D eigenvalue weighted by Gasteiger charge is -2.24. The van der Waals surface area contributed by atoms with Gasteiger partial charge in [-0.3, -0.25) is 4.90 Å². The number of rotatable bonds is 3. The molecule has 4 heteroatoms. The van der Waals surface area contributed by atoms with Gasteiger partial charge in [0.15, 0.2) is 6.29 Å². The summed E-state index contributed by atoms with van der Waals surface area (Å²) in [5.74, 6) is 0. The summed E-state index contributed by atoms with van der Waals surface area (Å²) in [4.78, 5) is 2.28. The van der Waals surface area contributed by atoms with Gasteiger partial charge in [-0.15, -0.1) is 0 Å². The van der Waals surface area contributed by atoms with Crippen LogP contribution in [0.5, 0.6) is 0 Å². The van der Waals surface area contributed by atoms with Crippen molar-refractivity contribution in [2.75, 3.05) is 13.1 Å². The van der Waals surface area contributed by atoms with E-state index in [-0.39, 0.29) is 17.3 Å². The number of hydrogen-bond donors (Lipinski definition) is 2. The molecule has 3 aliphatic rings. The predicted octanol–water partition coefficient (Wildman–Crippen LogP) is 1.37. The summed E-state index contributed by atoms with van der Waals surface area (Å²) >= 11 is 0. The molecular formula is C18H18N2O2. The molecule has 2 N–H and O–H groups in total. The number of nitrogens with zero attached hydrogens (tertiary/aromatic N) is 1. The molecule has 0 spiro atoms. The molecule has 0 radical (unpaired) electrons. The van der Waals surface area contributed by atoms with Crippen molar-refractivity contribution in [3.63, 3.8) is 0 Å². The monoisotopic (exact) mass is 294 g/mol. The molecule has 2 unspecified atom stereocenters. The van der Waals surface area contributed by atoms with Gasteiger partial charge in [-0.2, -0.15) is 0 Å². The maximum atomic E-state index is 10.6. The van der Waals surface area contributed by atoms with Crippen molar-refractivity contribution in [2.24, 2.45) is 0 Å². The fraction of sp³-hybridized carbons (Fsp3) is 0.333. The number of ether oxygens (including phenoxy) is 1. The number of aliphatic hydroxyl groups excluding tert-OH is 1. The van der Waals surface area contributed by atoms with Gasteiger partial charge in [0.05, 0.1) is 5.54 Å². The van der Waals surface area contributed by atoms with Crippen molar-refractivity contribution >= 4 is 0 Å². The van der Waals surface area contributed by atoms with E-state index in [2.05, 4.69) is 46.6 Å². The molecule has 3 aliphatic heterocycles. The van der Waals surface area contributed by atoms with Crippen molar-refractivity contribution in [3.05, 3.63) is 71.8 Å². The lowest BCUT2D eigenvalue weighted by Crippen LogP contribution is -2.37. The van der Waals surface area contributed by atoms with Crippen molar-refractivity contribution in [1.82, 2.24) is 10.2 Å². The number of benzene rings is 2. The normalized spacial score (nSPS) is 42.0. The first-order valence-corrected chi connectivity index (χ1v) is 7.74. The number of nitrogens with one attached hydrogen (secondary N) is 1. The van der Waals surface area contributed by atoms with E-state index in [4.69, 9.17) is 4.74 Å². The van der Waals surface area contributed by atoms with E-state index >= 15 is 0 Å². The van der Waals surface area contributed by atoms with Gasteiger partial charge in [-0.05, 0) is 11.1 Å². The van der Waals surface area contributed by atoms with E-state index in [1.54, 1.807) is 0 Å². The zero-order valence-electron chi connectivity index (χ0n) is 12.1. The molecule has 112 valence electrons. The molecule has 0 saturated carbocycles. The lowest BCUT2D eigenvalue weighted by atomic mass is 9.97. The topological polar surface area (TPSA) is 54.4 Å². The highest BCUT2D eigenvalue weighted by atomic mass is 16.6. The summed E-state index contributed by atoms with van der Waals surface area (Å²) < 4.78 is 5.98. The maximum absolute atomic E-state index is 10.6. The molecule has 2 aromatic rings. The lowest BCUT2D eigenvalue weighted by molar-refractivity contribution is -0.134. The summed E-state index contributed by atoms with van der Waals surface area (Å²) in [5.41, 5.74) is 1.81. The Morgan fingerprint density at radius 2 is 1.59 bits per heavy atom. The minimum absolute atomic E-state index is 0.120. The zero-order chi connectivity index (χ0) is 14.8. The molecule has 4 nitrogen and oxygen atoms in total.